The van der Waals surface area contributed by atoms with Crippen molar-refractivity contribution in [2.24, 2.45) is 0 Å². The summed E-state index contributed by atoms with van der Waals surface area (Å²) < 4.78 is 11.0. The molecule has 0 aliphatic heterocycles. The minimum Gasteiger partial charge on any atom is -0.379 e. The third-order valence-electron chi connectivity index (χ3n) is 3.70. The molecule has 0 aliphatic carbocycles. The largest absolute Gasteiger partial charge is 0.379 e. The first-order chi connectivity index (χ1) is 13.0. The predicted molar refractivity (Wildman–Crippen MR) is 104 cm³/mol. The van der Waals surface area contributed by atoms with E-state index in [1.165, 1.54) is 6.92 Å². The Balaban J connectivity index is 3.89. The fourth-order valence-electron chi connectivity index (χ4n) is 2.19. The van der Waals surface area contributed by atoms with Crippen molar-refractivity contribution in [1.29, 1.82) is 0 Å². The summed E-state index contributed by atoms with van der Waals surface area (Å²) in [6.45, 7) is 8.01. The molecular weight excluding hydrogens is 350 g/mol. The van der Waals surface area contributed by atoms with Crippen LogP contribution < -0.4 is 16.0 Å². The van der Waals surface area contributed by atoms with Gasteiger partial charge in [-0.05, 0) is 12.8 Å². The summed E-state index contributed by atoms with van der Waals surface area (Å²) in [5, 5.41) is 8.40. The molecule has 0 saturated heterocycles. The van der Waals surface area contributed by atoms with Crippen molar-refractivity contribution in [3.8, 4) is 0 Å². The zero-order valence-electron chi connectivity index (χ0n) is 17.1. The number of hydrogen-bond donors (Lipinski definition) is 3. The van der Waals surface area contributed by atoms with Crippen LogP contribution in [-0.4, -0.2) is 63.3 Å². The molecule has 0 aliphatic rings. The topological polar surface area (TPSA) is 106 Å². The Morgan fingerprint density at radius 2 is 1.26 bits per heavy atom. The maximum atomic E-state index is 11.6. The first kappa shape index (κ1) is 25.3. The average molecular weight is 388 g/mol. The van der Waals surface area contributed by atoms with Gasteiger partial charge in [-0.25, -0.2) is 0 Å². The van der Waals surface area contributed by atoms with Crippen molar-refractivity contribution < 1.29 is 23.9 Å². The highest BCUT2D eigenvalue weighted by atomic mass is 16.5. The number of carbonyl (C=O) groups excluding carboxylic acids is 3. The van der Waals surface area contributed by atoms with Crippen LogP contribution in [0.5, 0.6) is 0 Å². The number of amides is 3. The summed E-state index contributed by atoms with van der Waals surface area (Å²) in [5.41, 5.74) is 0. The lowest BCUT2D eigenvalue weighted by Gasteiger charge is -2.18. The summed E-state index contributed by atoms with van der Waals surface area (Å²) in [5.74, 6) is -0.253. The molecule has 3 N–H and O–H groups in total. The Morgan fingerprint density at radius 3 is 1.63 bits per heavy atom. The first-order valence-corrected chi connectivity index (χ1v) is 9.95. The fraction of sp³-hybridized carbons (Fsp3) is 0.842. The van der Waals surface area contributed by atoms with Gasteiger partial charge in [0.1, 0.15) is 0 Å². The highest BCUT2D eigenvalue weighted by Gasteiger charge is 2.12. The Labute approximate surface area is 163 Å². The standard InChI is InChI=1S/C19H37N3O5/c1-4-6-10-20-18(24)8-12-26-14-17(22-16(3)23)15-27-13-9-19(25)21-11-7-5-2/h17H,4-15H2,1-3H3,(H,20,24)(H,21,25)(H,22,23). The number of hydrogen-bond acceptors (Lipinski definition) is 5. The lowest BCUT2D eigenvalue weighted by atomic mass is 10.3. The molecule has 0 heterocycles. The lowest BCUT2D eigenvalue weighted by Crippen LogP contribution is -2.41. The van der Waals surface area contributed by atoms with Crippen LogP contribution in [0.15, 0.2) is 0 Å². The van der Waals surface area contributed by atoms with E-state index in [4.69, 9.17) is 9.47 Å². The van der Waals surface area contributed by atoms with Gasteiger partial charge in [-0.2, -0.15) is 0 Å². The normalized spacial score (nSPS) is 10.7. The van der Waals surface area contributed by atoms with Crippen molar-refractivity contribution in [2.45, 2.75) is 65.3 Å². The number of ether oxygens (including phenoxy) is 2. The molecule has 0 unspecified atom stereocenters. The minimum atomic E-state index is -0.311. The third-order valence-corrected chi connectivity index (χ3v) is 3.70. The minimum absolute atomic E-state index is 0.0372. The molecule has 8 heteroatoms. The summed E-state index contributed by atoms with van der Waals surface area (Å²) >= 11 is 0. The quantitative estimate of drug-likeness (QED) is 0.325. The van der Waals surface area contributed by atoms with Crippen LogP contribution in [0.2, 0.25) is 0 Å². The molecule has 27 heavy (non-hydrogen) atoms. The van der Waals surface area contributed by atoms with Crippen LogP contribution in [0, 0.1) is 0 Å². The molecule has 0 fully saturated rings. The molecule has 0 aromatic rings. The molecule has 3 amide bonds. The highest BCUT2D eigenvalue weighted by Crippen LogP contribution is 1.94. The van der Waals surface area contributed by atoms with Crippen LogP contribution in [-0.2, 0) is 23.9 Å². The second-order valence-electron chi connectivity index (χ2n) is 6.45. The maximum absolute atomic E-state index is 11.6. The van der Waals surface area contributed by atoms with Crippen molar-refractivity contribution in [2.75, 3.05) is 39.5 Å². The first-order valence-electron chi connectivity index (χ1n) is 9.95. The van der Waals surface area contributed by atoms with Crippen molar-refractivity contribution in [3.63, 3.8) is 0 Å². The summed E-state index contributed by atoms with van der Waals surface area (Å²) in [6, 6.07) is -0.311. The maximum Gasteiger partial charge on any atom is 0.222 e. The molecule has 0 aromatic carbocycles. The Kier molecular flexibility index (Phi) is 16.6. The zero-order chi connectivity index (χ0) is 20.3. The van der Waals surface area contributed by atoms with Gasteiger partial charge in [0.15, 0.2) is 0 Å². The van der Waals surface area contributed by atoms with Crippen LogP contribution in [0.1, 0.15) is 59.3 Å². The van der Waals surface area contributed by atoms with Crippen LogP contribution in [0.3, 0.4) is 0 Å². The van der Waals surface area contributed by atoms with Gasteiger partial charge in [0, 0.05) is 32.9 Å². The van der Waals surface area contributed by atoms with E-state index in [-0.39, 0.29) is 63.0 Å². The smallest absolute Gasteiger partial charge is 0.222 e. The van der Waals surface area contributed by atoms with E-state index >= 15 is 0 Å². The Morgan fingerprint density at radius 1 is 0.815 bits per heavy atom. The van der Waals surface area contributed by atoms with E-state index in [0.717, 1.165) is 25.7 Å². The molecule has 0 rings (SSSR count). The van der Waals surface area contributed by atoms with E-state index < -0.39 is 0 Å². The van der Waals surface area contributed by atoms with E-state index in [0.29, 0.717) is 13.1 Å². The van der Waals surface area contributed by atoms with Crippen molar-refractivity contribution in [1.82, 2.24) is 16.0 Å². The van der Waals surface area contributed by atoms with E-state index in [9.17, 15) is 14.4 Å². The Hall–Kier alpha value is -1.67. The van der Waals surface area contributed by atoms with Gasteiger partial charge < -0.3 is 25.4 Å². The van der Waals surface area contributed by atoms with Gasteiger partial charge in [0.25, 0.3) is 0 Å². The molecular formula is C19H37N3O5. The molecule has 158 valence electrons. The molecule has 0 saturated carbocycles. The molecule has 0 bridgehead atoms. The average Bonchev–Trinajstić information content (AvgIpc) is 2.62. The summed E-state index contributed by atoms with van der Waals surface area (Å²) in [6.07, 6.45) is 4.58. The molecule has 0 aromatic heterocycles. The number of unbranched alkanes of at least 4 members (excludes halogenated alkanes) is 2. The number of nitrogens with one attached hydrogen (secondary N) is 3. The van der Waals surface area contributed by atoms with Gasteiger partial charge in [-0.3, -0.25) is 14.4 Å². The predicted octanol–water partition coefficient (Wildman–Crippen LogP) is 1.14. The van der Waals surface area contributed by atoms with Gasteiger partial charge in [0.05, 0.1) is 32.5 Å². The zero-order valence-corrected chi connectivity index (χ0v) is 17.1. The van der Waals surface area contributed by atoms with Gasteiger partial charge in [-0.15, -0.1) is 0 Å². The van der Waals surface area contributed by atoms with Gasteiger partial charge in [0.2, 0.25) is 17.7 Å². The van der Waals surface area contributed by atoms with Crippen LogP contribution in [0.25, 0.3) is 0 Å². The third kappa shape index (κ3) is 17.5. The molecule has 8 nitrogen and oxygen atoms in total. The SMILES string of the molecule is CCCCNC(=O)CCOCC(COCCC(=O)NCCCC)NC(C)=O. The number of rotatable bonds is 17. The summed E-state index contributed by atoms with van der Waals surface area (Å²) in [4.78, 5) is 34.5. The van der Waals surface area contributed by atoms with Crippen LogP contribution in [0.4, 0.5) is 0 Å². The van der Waals surface area contributed by atoms with E-state index in [2.05, 4.69) is 29.8 Å². The van der Waals surface area contributed by atoms with E-state index in [1.807, 2.05) is 0 Å². The Bertz CT molecular complexity index is 388. The second-order valence-corrected chi connectivity index (χ2v) is 6.45. The van der Waals surface area contributed by atoms with Gasteiger partial charge >= 0.3 is 0 Å². The summed E-state index contributed by atoms with van der Waals surface area (Å²) in [7, 11) is 0. The lowest BCUT2D eigenvalue weighted by molar-refractivity contribution is -0.124. The molecule has 0 radical (unpaired) electrons. The van der Waals surface area contributed by atoms with Crippen LogP contribution >= 0.6 is 0 Å². The van der Waals surface area contributed by atoms with Crippen molar-refractivity contribution >= 4 is 17.7 Å². The molecule has 0 spiro atoms. The number of carbonyl (C=O) groups is 3. The molecule has 0 atom stereocenters. The van der Waals surface area contributed by atoms with Crippen molar-refractivity contribution in [3.05, 3.63) is 0 Å². The fourth-order valence-corrected chi connectivity index (χ4v) is 2.19. The van der Waals surface area contributed by atoms with Gasteiger partial charge in [-0.1, -0.05) is 26.7 Å². The van der Waals surface area contributed by atoms with E-state index in [1.54, 1.807) is 0 Å². The second kappa shape index (κ2) is 17.7. The monoisotopic (exact) mass is 387 g/mol. The highest BCUT2D eigenvalue weighted by molar-refractivity contribution is 5.76.